The highest BCUT2D eigenvalue weighted by Crippen LogP contribution is 2.32. The third-order valence-corrected chi connectivity index (χ3v) is 2.87. The van der Waals surface area contributed by atoms with Crippen molar-refractivity contribution in [2.75, 3.05) is 0 Å². The second-order valence-corrected chi connectivity index (χ2v) is 4.56. The van der Waals surface area contributed by atoms with Crippen LogP contribution in [0.4, 0.5) is 4.39 Å². The van der Waals surface area contributed by atoms with Gasteiger partial charge in [-0.3, -0.25) is 0 Å². The molecule has 15 heavy (non-hydrogen) atoms. The monoisotopic (exact) mass is 271 g/mol. The van der Waals surface area contributed by atoms with Gasteiger partial charge in [-0.1, -0.05) is 15.9 Å². The zero-order valence-electron chi connectivity index (χ0n) is 8.47. The molecule has 0 spiro atoms. The van der Waals surface area contributed by atoms with Crippen molar-refractivity contribution in [3.63, 3.8) is 0 Å². The van der Waals surface area contributed by atoms with Crippen molar-refractivity contribution in [2.24, 2.45) is 5.73 Å². The van der Waals surface area contributed by atoms with E-state index in [0.717, 1.165) is 10.9 Å². The molecule has 0 aliphatic rings. The molecular weight excluding hydrogens is 261 g/mol. The number of hydrogen-bond acceptors (Lipinski definition) is 2. The van der Waals surface area contributed by atoms with Crippen LogP contribution in [-0.2, 0) is 0 Å². The fraction of sp³-hybridized carbons (Fsp3) is 0.273. The second kappa shape index (κ2) is 3.61. The predicted molar refractivity (Wildman–Crippen MR) is 61.2 cm³/mol. The summed E-state index contributed by atoms with van der Waals surface area (Å²) in [7, 11) is 0. The lowest BCUT2D eigenvalue weighted by Gasteiger charge is -2.00. The summed E-state index contributed by atoms with van der Waals surface area (Å²) >= 11 is 3.25. The van der Waals surface area contributed by atoms with Gasteiger partial charge < -0.3 is 10.2 Å². The molecule has 0 radical (unpaired) electrons. The van der Waals surface area contributed by atoms with Crippen LogP contribution >= 0.6 is 15.9 Å². The summed E-state index contributed by atoms with van der Waals surface area (Å²) in [4.78, 5) is 0. The molecule has 2 nitrogen and oxygen atoms in total. The molecule has 1 unspecified atom stereocenters. The van der Waals surface area contributed by atoms with Crippen molar-refractivity contribution in [1.29, 1.82) is 0 Å². The Morgan fingerprint density at radius 2 is 2.13 bits per heavy atom. The van der Waals surface area contributed by atoms with Gasteiger partial charge in [-0.25, -0.2) is 4.39 Å². The zero-order valence-corrected chi connectivity index (χ0v) is 10.1. The van der Waals surface area contributed by atoms with E-state index in [1.54, 1.807) is 0 Å². The number of halogens is 2. The van der Waals surface area contributed by atoms with Crippen LogP contribution < -0.4 is 5.73 Å². The Balaban J connectivity index is 2.82. The van der Waals surface area contributed by atoms with Crippen molar-refractivity contribution < 1.29 is 8.81 Å². The molecule has 0 saturated heterocycles. The molecule has 2 rings (SSSR count). The lowest BCUT2D eigenvalue weighted by molar-refractivity contribution is 0.490. The highest BCUT2D eigenvalue weighted by atomic mass is 79.9. The van der Waals surface area contributed by atoms with E-state index in [9.17, 15) is 4.39 Å². The maximum atomic E-state index is 13.5. The largest absolute Gasteiger partial charge is 0.456 e. The number of rotatable bonds is 1. The normalized spacial score (nSPS) is 13.4. The first-order valence-electron chi connectivity index (χ1n) is 4.64. The molecule has 0 fully saturated rings. The van der Waals surface area contributed by atoms with Gasteiger partial charge in [0.25, 0.3) is 0 Å². The van der Waals surface area contributed by atoms with Gasteiger partial charge in [0.2, 0.25) is 0 Å². The quantitative estimate of drug-likeness (QED) is 0.860. The summed E-state index contributed by atoms with van der Waals surface area (Å²) < 4.78 is 19.7. The molecular formula is C11H11BrFNO. The number of hydrogen-bond donors (Lipinski definition) is 1. The first-order valence-corrected chi connectivity index (χ1v) is 5.43. The van der Waals surface area contributed by atoms with Crippen LogP contribution in [0.15, 0.2) is 21.0 Å². The average Bonchev–Trinajstić information content (AvgIpc) is 2.44. The number of aryl methyl sites for hydroxylation is 1. The second-order valence-electron chi connectivity index (χ2n) is 3.64. The molecule has 0 amide bonds. The third-order valence-electron chi connectivity index (χ3n) is 2.41. The van der Waals surface area contributed by atoms with Crippen molar-refractivity contribution in [3.05, 3.63) is 33.7 Å². The maximum Gasteiger partial charge on any atom is 0.170 e. The Kier molecular flexibility index (Phi) is 2.56. The van der Waals surface area contributed by atoms with E-state index in [4.69, 9.17) is 10.2 Å². The Labute approximate surface area is 95.4 Å². The van der Waals surface area contributed by atoms with Crippen LogP contribution in [0.1, 0.15) is 24.3 Å². The Morgan fingerprint density at radius 3 is 2.73 bits per heavy atom. The van der Waals surface area contributed by atoms with Crippen LogP contribution in [0.2, 0.25) is 0 Å². The van der Waals surface area contributed by atoms with Gasteiger partial charge in [0.15, 0.2) is 11.4 Å². The molecule has 80 valence electrons. The van der Waals surface area contributed by atoms with Gasteiger partial charge in [-0.15, -0.1) is 0 Å². The molecule has 4 heteroatoms. The van der Waals surface area contributed by atoms with E-state index in [1.807, 2.05) is 19.9 Å². The van der Waals surface area contributed by atoms with Gasteiger partial charge in [0.1, 0.15) is 5.76 Å². The minimum atomic E-state index is -0.366. The summed E-state index contributed by atoms with van der Waals surface area (Å²) in [5.41, 5.74) is 6.92. The van der Waals surface area contributed by atoms with Crippen molar-refractivity contribution in [2.45, 2.75) is 19.9 Å². The molecule has 0 aliphatic heterocycles. The lowest BCUT2D eigenvalue weighted by Crippen LogP contribution is -2.04. The number of benzene rings is 1. The van der Waals surface area contributed by atoms with Crippen molar-refractivity contribution in [3.8, 4) is 0 Å². The molecule has 1 atom stereocenters. The van der Waals surface area contributed by atoms with E-state index in [-0.39, 0.29) is 17.4 Å². The lowest BCUT2D eigenvalue weighted by atomic mass is 10.1. The van der Waals surface area contributed by atoms with Crippen LogP contribution in [0.5, 0.6) is 0 Å². The zero-order chi connectivity index (χ0) is 11.2. The van der Waals surface area contributed by atoms with E-state index < -0.39 is 0 Å². The molecule has 1 heterocycles. The molecule has 1 aromatic heterocycles. The SMILES string of the molecule is Cc1c(C(C)N)oc2c(F)cc(Br)cc12. The van der Waals surface area contributed by atoms with E-state index in [0.29, 0.717) is 10.2 Å². The summed E-state index contributed by atoms with van der Waals surface area (Å²) in [6, 6.07) is 3.00. The Hall–Kier alpha value is -0.870. The third kappa shape index (κ3) is 1.68. The Morgan fingerprint density at radius 1 is 1.47 bits per heavy atom. The van der Waals surface area contributed by atoms with Crippen LogP contribution in [0.25, 0.3) is 11.0 Å². The van der Waals surface area contributed by atoms with Gasteiger partial charge >= 0.3 is 0 Å². The van der Waals surface area contributed by atoms with E-state index >= 15 is 0 Å². The predicted octanol–water partition coefficient (Wildman–Crippen LogP) is 3.66. The van der Waals surface area contributed by atoms with Gasteiger partial charge in [0, 0.05) is 15.4 Å². The Bertz CT molecular complexity index is 519. The first-order chi connectivity index (χ1) is 7.00. The standard InChI is InChI=1S/C11H11BrFNO/c1-5-8-3-7(12)4-9(13)11(8)15-10(5)6(2)14/h3-4,6H,14H2,1-2H3. The molecule has 2 N–H and O–H groups in total. The minimum absolute atomic E-state index is 0.226. The molecule has 0 bridgehead atoms. The van der Waals surface area contributed by atoms with Crippen LogP contribution in [-0.4, -0.2) is 0 Å². The number of fused-ring (bicyclic) bond motifs is 1. The van der Waals surface area contributed by atoms with E-state index in [2.05, 4.69) is 15.9 Å². The summed E-state index contributed by atoms with van der Waals surface area (Å²) in [6.45, 7) is 3.70. The maximum absolute atomic E-state index is 13.5. The van der Waals surface area contributed by atoms with Crippen molar-refractivity contribution in [1.82, 2.24) is 0 Å². The number of nitrogens with two attached hydrogens (primary N) is 1. The summed E-state index contributed by atoms with van der Waals surface area (Å²) in [6.07, 6.45) is 0. The fourth-order valence-corrected chi connectivity index (χ4v) is 2.13. The molecule has 0 aliphatic carbocycles. The highest BCUT2D eigenvalue weighted by molar-refractivity contribution is 9.10. The molecule has 1 aromatic carbocycles. The smallest absolute Gasteiger partial charge is 0.170 e. The van der Waals surface area contributed by atoms with Gasteiger partial charge in [-0.05, 0) is 26.0 Å². The number of furan rings is 1. The molecule has 0 saturated carbocycles. The van der Waals surface area contributed by atoms with E-state index in [1.165, 1.54) is 6.07 Å². The van der Waals surface area contributed by atoms with Crippen molar-refractivity contribution >= 4 is 26.9 Å². The van der Waals surface area contributed by atoms with Gasteiger partial charge in [-0.2, -0.15) is 0 Å². The highest BCUT2D eigenvalue weighted by Gasteiger charge is 2.16. The minimum Gasteiger partial charge on any atom is -0.456 e. The fourth-order valence-electron chi connectivity index (χ4n) is 1.70. The van der Waals surface area contributed by atoms with Crippen LogP contribution in [0.3, 0.4) is 0 Å². The van der Waals surface area contributed by atoms with Gasteiger partial charge in [0.05, 0.1) is 6.04 Å². The average molecular weight is 272 g/mol. The van der Waals surface area contributed by atoms with Crippen LogP contribution in [0, 0.1) is 12.7 Å². The molecule has 2 aromatic rings. The summed E-state index contributed by atoms with van der Waals surface area (Å²) in [5.74, 6) is 0.274. The summed E-state index contributed by atoms with van der Waals surface area (Å²) in [5, 5.41) is 0.772. The first kappa shape index (κ1) is 10.6. The topological polar surface area (TPSA) is 39.2 Å².